The van der Waals surface area contributed by atoms with E-state index in [0.717, 1.165) is 56.8 Å². The van der Waals surface area contributed by atoms with Gasteiger partial charge in [0.1, 0.15) is 6.61 Å². The molecule has 1 unspecified atom stereocenters. The Morgan fingerprint density at radius 3 is 2.42 bits per heavy atom. The smallest absolute Gasteiger partial charge is 0.475 e. The first-order valence-corrected chi connectivity index (χ1v) is 11.5. The molecule has 3 saturated heterocycles. The number of carboxylic acid groups (broad SMARTS) is 1. The second-order valence-electron chi connectivity index (χ2n) is 8.43. The van der Waals surface area contributed by atoms with Crippen molar-refractivity contribution >= 4 is 29.5 Å². The molecule has 3 fully saturated rings. The third kappa shape index (κ3) is 6.59. The predicted molar refractivity (Wildman–Crippen MR) is 114 cm³/mol. The van der Waals surface area contributed by atoms with E-state index in [0.29, 0.717) is 5.56 Å². The lowest BCUT2D eigenvalue weighted by atomic mass is 9.92. The third-order valence-electron chi connectivity index (χ3n) is 5.69. The number of amides is 2. The number of halogens is 3. The highest BCUT2D eigenvalue weighted by Gasteiger charge is 2.51. The van der Waals surface area contributed by atoms with Gasteiger partial charge in [0.05, 0.1) is 16.4 Å². The van der Waals surface area contributed by atoms with E-state index >= 15 is 0 Å². The Morgan fingerprint density at radius 1 is 1.21 bits per heavy atom. The number of carbonyl (C=O) groups excluding carboxylic acids is 2. The molecule has 3 aliphatic heterocycles. The van der Waals surface area contributed by atoms with Crippen molar-refractivity contribution in [2.75, 3.05) is 38.5 Å². The van der Waals surface area contributed by atoms with Crippen LogP contribution in [0.5, 0.6) is 0 Å². The first-order valence-electron chi connectivity index (χ1n) is 10.5. The Hall–Kier alpha value is -2.34. The molecule has 1 aromatic heterocycles. The number of thioether (sulfide) groups is 1. The fraction of sp³-hybridized carbons (Fsp3) is 0.619. The Morgan fingerprint density at radius 2 is 1.85 bits per heavy atom. The monoisotopic (exact) mass is 489 g/mol. The molecule has 0 saturated carbocycles. The summed E-state index contributed by atoms with van der Waals surface area (Å²) in [5.74, 6) is -1.68. The van der Waals surface area contributed by atoms with Gasteiger partial charge in [-0.3, -0.25) is 14.6 Å². The van der Waals surface area contributed by atoms with Crippen LogP contribution in [0.2, 0.25) is 0 Å². The van der Waals surface area contributed by atoms with Gasteiger partial charge in [0.15, 0.2) is 0 Å². The molecule has 0 bridgehead atoms. The van der Waals surface area contributed by atoms with E-state index in [1.54, 1.807) is 12.4 Å². The highest BCUT2D eigenvalue weighted by molar-refractivity contribution is 8.01. The van der Waals surface area contributed by atoms with Gasteiger partial charge in [-0.2, -0.15) is 13.2 Å². The number of hydrogen-bond donors (Lipinski definition) is 1. The Labute approximate surface area is 193 Å². The number of aromatic nitrogens is 1. The summed E-state index contributed by atoms with van der Waals surface area (Å²) in [6.45, 7) is 5.39. The van der Waals surface area contributed by atoms with E-state index < -0.39 is 12.1 Å². The van der Waals surface area contributed by atoms with Crippen molar-refractivity contribution in [3.05, 3.63) is 29.6 Å². The standard InChI is InChI=1S/C19H25N3O3S.C2HF3O2/c1-14-6-15(9-20-8-14)18(24)22-12-19(13-22)7-16(11-26-19)25-10-17(23)21-4-2-3-5-21;3-2(4,5)1(6)7/h6,8-9,16H,2-5,7,10-13H2,1H3;(H,6,7). The van der Waals surface area contributed by atoms with Gasteiger partial charge < -0.3 is 19.6 Å². The minimum Gasteiger partial charge on any atom is -0.475 e. The average Bonchev–Trinajstić information content (AvgIpc) is 3.40. The van der Waals surface area contributed by atoms with Crippen LogP contribution in [-0.4, -0.2) is 93.2 Å². The van der Waals surface area contributed by atoms with Crippen molar-refractivity contribution in [1.82, 2.24) is 14.8 Å². The molecule has 182 valence electrons. The SMILES string of the molecule is Cc1cncc(C(=O)N2CC3(CC(OCC(=O)N4CCCC4)CS3)C2)c1.O=C(O)C(F)(F)F. The molecule has 1 aromatic rings. The van der Waals surface area contributed by atoms with Crippen LogP contribution in [0.1, 0.15) is 35.2 Å². The molecule has 1 spiro atoms. The number of aryl methyl sites for hydroxylation is 1. The fourth-order valence-corrected chi connectivity index (χ4v) is 5.58. The van der Waals surface area contributed by atoms with Crippen LogP contribution < -0.4 is 0 Å². The Balaban J connectivity index is 0.000000383. The number of ether oxygens (including phenoxy) is 1. The fourth-order valence-electron chi connectivity index (χ4n) is 4.02. The summed E-state index contributed by atoms with van der Waals surface area (Å²) in [4.78, 5) is 41.5. The summed E-state index contributed by atoms with van der Waals surface area (Å²) in [5.41, 5.74) is 1.66. The number of pyridine rings is 1. The molecule has 2 amide bonds. The Kier molecular flexibility index (Phi) is 7.88. The molecule has 12 heteroatoms. The van der Waals surface area contributed by atoms with Gasteiger partial charge in [-0.15, -0.1) is 11.8 Å². The molecule has 1 N–H and O–H groups in total. The summed E-state index contributed by atoms with van der Waals surface area (Å²) in [6.07, 6.45) is 1.55. The minimum atomic E-state index is -5.08. The minimum absolute atomic E-state index is 0.0565. The molecular weight excluding hydrogens is 463 g/mol. The van der Waals surface area contributed by atoms with E-state index in [2.05, 4.69) is 4.98 Å². The lowest BCUT2D eigenvalue weighted by Gasteiger charge is -2.47. The lowest BCUT2D eigenvalue weighted by Crippen LogP contribution is -2.60. The summed E-state index contributed by atoms with van der Waals surface area (Å²) >= 11 is 1.88. The maximum Gasteiger partial charge on any atom is 0.490 e. The number of aliphatic carboxylic acids is 1. The van der Waals surface area contributed by atoms with Crippen LogP contribution in [0.25, 0.3) is 0 Å². The van der Waals surface area contributed by atoms with Crippen molar-refractivity contribution in [3.8, 4) is 0 Å². The van der Waals surface area contributed by atoms with Gasteiger partial charge in [-0.25, -0.2) is 4.79 Å². The van der Waals surface area contributed by atoms with Crippen LogP contribution in [0.15, 0.2) is 18.5 Å². The number of likely N-dealkylation sites (tertiary alicyclic amines) is 2. The van der Waals surface area contributed by atoms with Gasteiger partial charge in [-0.1, -0.05) is 0 Å². The van der Waals surface area contributed by atoms with Crippen LogP contribution >= 0.6 is 11.8 Å². The Bertz CT molecular complexity index is 886. The third-order valence-corrected chi connectivity index (χ3v) is 7.26. The van der Waals surface area contributed by atoms with Crippen molar-refractivity contribution in [2.45, 2.75) is 43.2 Å². The summed E-state index contributed by atoms with van der Waals surface area (Å²) in [7, 11) is 0. The number of carboxylic acids is 1. The average molecular weight is 490 g/mol. The number of alkyl halides is 3. The van der Waals surface area contributed by atoms with Crippen molar-refractivity contribution in [2.24, 2.45) is 0 Å². The van der Waals surface area contributed by atoms with Crippen LogP contribution in [0.4, 0.5) is 13.2 Å². The number of carbonyl (C=O) groups is 3. The van der Waals surface area contributed by atoms with E-state index in [1.807, 2.05) is 34.6 Å². The molecule has 0 radical (unpaired) electrons. The number of rotatable bonds is 4. The normalized spacial score (nSPS) is 21.4. The van der Waals surface area contributed by atoms with Crippen LogP contribution in [0, 0.1) is 6.92 Å². The molecule has 0 aromatic carbocycles. The number of hydrogen-bond acceptors (Lipinski definition) is 6. The van der Waals surface area contributed by atoms with Crippen LogP contribution in [0.3, 0.4) is 0 Å². The van der Waals surface area contributed by atoms with Crippen molar-refractivity contribution in [3.63, 3.8) is 0 Å². The zero-order valence-corrected chi connectivity index (χ0v) is 19.0. The lowest BCUT2D eigenvalue weighted by molar-refractivity contribution is -0.192. The molecular formula is C21H26F3N3O5S. The van der Waals surface area contributed by atoms with Crippen molar-refractivity contribution < 1.29 is 37.4 Å². The van der Waals surface area contributed by atoms with Crippen LogP contribution in [-0.2, 0) is 14.3 Å². The summed E-state index contributed by atoms with van der Waals surface area (Å²) in [5, 5.41) is 7.12. The first kappa shape index (κ1) is 25.3. The maximum absolute atomic E-state index is 12.6. The zero-order valence-electron chi connectivity index (χ0n) is 18.1. The second kappa shape index (κ2) is 10.3. The molecule has 0 aliphatic carbocycles. The first-order chi connectivity index (χ1) is 15.5. The predicted octanol–water partition coefficient (Wildman–Crippen LogP) is 2.36. The molecule has 3 aliphatic rings. The topological polar surface area (TPSA) is 100 Å². The second-order valence-corrected chi connectivity index (χ2v) is 9.92. The molecule has 8 nitrogen and oxygen atoms in total. The van der Waals surface area contributed by atoms with E-state index in [9.17, 15) is 22.8 Å². The van der Waals surface area contributed by atoms with E-state index in [-0.39, 0.29) is 29.3 Å². The highest BCUT2D eigenvalue weighted by Crippen LogP contribution is 2.46. The van der Waals surface area contributed by atoms with Crippen molar-refractivity contribution in [1.29, 1.82) is 0 Å². The van der Waals surface area contributed by atoms with Gasteiger partial charge in [0.2, 0.25) is 5.91 Å². The van der Waals surface area contributed by atoms with Gasteiger partial charge in [0.25, 0.3) is 5.91 Å². The zero-order chi connectivity index (χ0) is 24.2. The van der Waals surface area contributed by atoms with Gasteiger partial charge in [0, 0.05) is 44.3 Å². The molecule has 33 heavy (non-hydrogen) atoms. The number of nitrogens with zero attached hydrogens (tertiary/aromatic N) is 3. The summed E-state index contributed by atoms with van der Waals surface area (Å²) in [6, 6.07) is 1.89. The highest BCUT2D eigenvalue weighted by atomic mass is 32.2. The molecule has 4 heterocycles. The quantitative estimate of drug-likeness (QED) is 0.693. The molecule has 1 atom stereocenters. The van der Waals surface area contributed by atoms with E-state index in [4.69, 9.17) is 14.6 Å². The largest absolute Gasteiger partial charge is 0.490 e. The van der Waals surface area contributed by atoms with Gasteiger partial charge >= 0.3 is 12.1 Å². The van der Waals surface area contributed by atoms with E-state index in [1.165, 1.54) is 0 Å². The van der Waals surface area contributed by atoms with Gasteiger partial charge in [-0.05, 0) is 37.8 Å². The molecule has 4 rings (SSSR count). The maximum atomic E-state index is 12.6. The summed E-state index contributed by atoms with van der Waals surface area (Å²) < 4.78 is 37.7.